The van der Waals surface area contributed by atoms with Gasteiger partial charge in [-0.3, -0.25) is 9.59 Å². The van der Waals surface area contributed by atoms with Crippen molar-refractivity contribution in [3.05, 3.63) is 65.2 Å². The predicted octanol–water partition coefficient (Wildman–Crippen LogP) is 3.92. The lowest BCUT2D eigenvalue weighted by Gasteiger charge is -2.22. The van der Waals surface area contributed by atoms with Crippen molar-refractivity contribution in [1.29, 1.82) is 0 Å². The smallest absolute Gasteiger partial charge is 0.307 e. The molecule has 0 bridgehead atoms. The molecule has 1 atom stereocenters. The minimum Gasteiger partial charge on any atom is -0.469 e. The Labute approximate surface area is 167 Å². The molecule has 2 aromatic carbocycles. The minimum absolute atomic E-state index is 0.0369. The Morgan fingerprint density at radius 1 is 1.07 bits per heavy atom. The number of nitrogen functional groups attached to an aromatic ring is 1. The molecule has 0 heterocycles. The lowest BCUT2D eigenvalue weighted by Crippen LogP contribution is -2.30. The molecule has 2 aromatic rings. The molecule has 150 valence electrons. The highest BCUT2D eigenvalue weighted by Gasteiger charge is 2.20. The molecule has 0 saturated carbocycles. The van der Waals surface area contributed by atoms with Gasteiger partial charge in [0.1, 0.15) is 0 Å². The van der Waals surface area contributed by atoms with Gasteiger partial charge in [0.25, 0.3) is 0 Å². The van der Waals surface area contributed by atoms with Crippen LogP contribution >= 0.6 is 0 Å². The van der Waals surface area contributed by atoms with Crippen molar-refractivity contribution in [2.24, 2.45) is 0 Å². The van der Waals surface area contributed by atoms with Crippen molar-refractivity contribution in [3.63, 3.8) is 0 Å². The molecule has 1 amide bonds. The number of para-hydroxylation sites is 1. The van der Waals surface area contributed by atoms with Crippen molar-refractivity contribution >= 4 is 17.6 Å². The van der Waals surface area contributed by atoms with E-state index in [4.69, 9.17) is 10.5 Å². The van der Waals surface area contributed by atoms with Gasteiger partial charge >= 0.3 is 5.97 Å². The zero-order chi connectivity index (χ0) is 20.7. The van der Waals surface area contributed by atoms with E-state index in [1.807, 2.05) is 48.5 Å². The molecule has 0 fully saturated rings. The number of carbonyl (C=O) groups excluding carboxylic acids is 2. The number of nitrogens with one attached hydrogen (secondary N) is 1. The van der Waals surface area contributed by atoms with Crippen LogP contribution in [0.15, 0.2) is 48.5 Å². The Hall–Kier alpha value is -2.82. The van der Waals surface area contributed by atoms with Crippen LogP contribution in [0.4, 0.5) is 5.69 Å². The van der Waals surface area contributed by atoms with Crippen LogP contribution in [0.5, 0.6) is 0 Å². The Bertz CT molecular complexity index is 807. The molecule has 2 rings (SSSR count). The fourth-order valence-corrected chi connectivity index (χ4v) is 2.99. The number of anilines is 1. The van der Waals surface area contributed by atoms with Crippen LogP contribution in [0.1, 0.15) is 56.3 Å². The molecule has 3 N–H and O–H groups in total. The fourth-order valence-electron chi connectivity index (χ4n) is 2.99. The normalized spacial score (nSPS) is 12.3. The summed E-state index contributed by atoms with van der Waals surface area (Å²) in [5.41, 5.74) is 9.67. The molecule has 0 radical (unpaired) electrons. The van der Waals surface area contributed by atoms with Gasteiger partial charge in [-0.15, -0.1) is 0 Å². The lowest BCUT2D eigenvalue weighted by molar-refractivity contribution is -0.141. The molecule has 0 spiro atoms. The van der Waals surface area contributed by atoms with E-state index in [1.54, 1.807) is 0 Å². The second-order valence-electron chi connectivity index (χ2n) is 7.97. The number of amides is 1. The Morgan fingerprint density at radius 3 is 2.29 bits per heavy atom. The molecule has 0 aliphatic heterocycles. The van der Waals surface area contributed by atoms with Gasteiger partial charge in [-0.1, -0.05) is 63.2 Å². The summed E-state index contributed by atoms with van der Waals surface area (Å²) < 4.78 is 4.80. The quantitative estimate of drug-likeness (QED) is 0.562. The monoisotopic (exact) mass is 382 g/mol. The third-order valence-electron chi connectivity index (χ3n) is 4.79. The standard InChI is InChI=1S/C23H30N2O3/c1-23(2,3)18-12-9-17(10-13-18)20(15-22(27)28-4)25-21(26)14-11-16-7-5-6-8-19(16)24/h5-10,12-13,20H,11,14-15,24H2,1-4H3,(H,25,26). The van der Waals surface area contributed by atoms with Crippen LogP contribution in [0, 0.1) is 0 Å². The first-order chi connectivity index (χ1) is 13.2. The number of rotatable bonds is 7. The number of esters is 1. The Morgan fingerprint density at radius 2 is 1.71 bits per heavy atom. The summed E-state index contributed by atoms with van der Waals surface area (Å²) in [4.78, 5) is 24.3. The number of ether oxygens (including phenoxy) is 1. The summed E-state index contributed by atoms with van der Waals surface area (Å²) in [6.07, 6.45) is 0.933. The molecule has 0 aromatic heterocycles. The summed E-state index contributed by atoms with van der Waals surface area (Å²) >= 11 is 0. The molecule has 5 heteroatoms. The van der Waals surface area contributed by atoms with E-state index >= 15 is 0 Å². The predicted molar refractivity (Wildman–Crippen MR) is 112 cm³/mol. The lowest BCUT2D eigenvalue weighted by atomic mass is 9.86. The van der Waals surface area contributed by atoms with E-state index in [-0.39, 0.29) is 23.7 Å². The molecular formula is C23H30N2O3. The third kappa shape index (κ3) is 6.12. The number of hydrogen-bond donors (Lipinski definition) is 2. The second-order valence-corrected chi connectivity index (χ2v) is 7.97. The summed E-state index contributed by atoms with van der Waals surface area (Å²) in [6, 6.07) is 15.1. The van der Waals surface area contributed by atoms with Gasteiger partial charge in [0.2, 0.25) is 5.91 Å². The van der Waals surface area contributed by atoms with Gasteiger partial charge in [0.15, 0.2) is 0 Å². The molecule has 0 aliphatic carbocycles. The zero-order valence-corrected chi connectivity index (χ0v) is 17.1. The van der Waals surface area contributed by atoms with Gasteiger partial charge in [-0.2, -0.15) is 0 Å². The molecule has 0 aliphatic rings. The number of methoxy groups -OCH3 is 1. The van der Waals surface area contributed by atoms with Crippen molar-refractivity contribution < 1.29 is 14.3 Å². The maximum absolute atomic E-state index is 12.5. The first-order valence-corrected chi connectivity index (χ1v) is 9.50. The summed E-state index contributed by atoms with van der Waals surface area (Å²) in [7, 11) is 1.35. The molecular weight excluding hydrogens is 352 g/mol. The van der Waals surface area contributed by atoms with Crippen molar-refractivity contribution in [1.82, 2.24) is 5.32 Å². The van der Waals surface area contributed by atoms with E-state index in [0.717, 1.165) is 11.1 Å². The minimum atomic E-state index is -0.429. The van der Waals surface area contributed by atoms with Crippen molar-refractivity contribution in [2.75, 3.05) is 12.8 Å². The van der Waals surface area contributed by atoms with Gasteiger partial charge < -0.3 is 15.8 Å². The van der Waals surface area contributed by atoms with Crippen LogP contribution in [0.2, 0.25) is 0 Å². The second kappa shape index (κ2) is 9.40. The van der Waals surface area contributed by atoms with Crippen LogP contribution < -0.4 is 11.1 Å². The highest BCUT2D eigenvalue weighted by molar-refractivity contribution is 5.78. The van der Waals surface area contributed by atoms with Crippen molar-refractivity contribution in [2.45, 2.75) is 51.5 Å². The molecule has 1 unspecified atom stereocenters. The summed E-state index contributed by atoms with van der Waals surface area (Å²) in [6.45, 7) is 6.43. The maximum Gasteiger partial charge on any atom is 0.307 e. The van der Waals surface area contributed by atoms with E-state index in [9.17, 15) is 9.59 Å². The fraction of sp³-hybridized carbons (Fsp3) is 0.391. The van der Waals surface area contributed by atoms with Gasteiger partial charge in [0.05, 0.1) is 19.6 Å². The van der Waals surface area contributed by atoms with Crippen LogP contribution in [0.3, 0.4) is 0 Å². The van der Waals surface area contributed by atoms with Crippen LogP contribution in [-0.2, 0) is 26.2 Å². The number of nitrogens with two attached hydrogens (primary N) is 1. The van der Waals surface area contributed by atoms with Gasteiger partial charge in [-0.25, -0.2) is 0 Å². The average Bonchev–Trinajstić information content (AvgIpc) is 2.66. The van der Waals surface area contributed by atoms with Gasteiger partial charge in [-0.05, 0) is 34.6 Å². The third-order valence-corrected chi connectivity index (χ3v) is 4.79. The number of carbonyl (C=O) groups is 2. The van der Waals surface area contributed by atoms with E-state index < -0.39 is 6.04 Å². The highest BCUT2D eigenvalue weighted by atomic mass is 16.5. The van der Waals surface area contributed by atoms with E-state index in [0.29, 0.717) is 18.5 Å². The first kappa shape index (κ1) is 21.5. The van der Waals surface area contributed by atoms with Crippen LogP contribution in [-0.4, -0.2) is 19.0 Å². The topological polar surface area (TPSA) is 81.4 Å². The number of aryl methyl sites for hydroxylation is 1. The molecule has 5 nitrogen and oxygen atoms in total. The largest absolute Gasteiger partial charge is 0.469 e. The van der Waals surface area contributed by atoms with E-state index in [1.165, 1.54) is 12.7 Å². The highest BCUT2D eigenvalue weighted by Crippen LogP contribution is 2.25. The molecule has 28 heavy (non-hydrogen) atoms. The van der Waals surface area contributed by atoms with Crippen LogP contribution in [0.25, 0.3) is 0 Å². The average molecular weight is 383 g/mol. The summed E-state index contributed by atoms with van der Waals surface area (Å²) in [5, 5.41) is 2.97. The number of benzene rings is 2. The number of hydrogen-bond acceptors (Lipinski definition) is 4. The SMILES string of the molecule is COC(=O)CC(NC(=O)CCc1ccccc1N)c1ccc(C(C)(C)C)cc1. The Balaban J connectivity index is 2.09. The van der Waals surface area contributed by atoms with Crippen molar-refractivity contribution in [3.8, 4) is 0 Å². The van der Waals surface area contributed by atoms with E-state index in [2.05, 4.69) is 26.1 Å². The summed E-state index contributed by atoms with van der Waals surface area (Å²) in [5.74, 6) is -0.491. The zero-order valence-electron chi connectivity index (χ0n) is 17.1. The Kier molecular flexibility index (Phi) is 7.21. The first-order valence-electron chi connectivity index (χ1n) is 9.50. The molecule has 0 saturated heterocycles. The van der Waals surface area contributed by atoms with Gasteiger partial charge in [0, 0.05) is 12.1 Å². The maximum atomic E-state index is 12.5.